The van der Waals surface area contributed by atoms with E-state index in [-0.39, 0.29) is 10.8 Å². The summed E-state index contributed by atoms with van der Waals surface area (Å²) < 4.78 is 29.0. The molecule has 0 unspecified atom stereocenters. The maximum Gasteiger partial charge on any atom is 0.260 e. The highest BCUT2D eigenvalue weighted by molar-refractivity contribution is 7.98. The minimum absolute atomic E-state index is 0.215. The van der Waals surface area contributed by atoms with Crippen LogP contribution < -0.4 is 4.90 Å². The first-order chi connectivity index (χ1) is 18.0. The Morgan fingerprint density at radius 2 is 1.65 bits per heavy atom. The van der Waals surface area contributed by atoms with Gasteiger partial charge in [0.1, 0.15) is 0 Å². The molecular formula is C28H29N3O3S3. The number of thioether (sulfide) groups is 1. The predicted molar refractivity (Wildman–Crippen MR) is 152 cm³/mol. The highest BCUT2D eigenvalue weighted by Crippen LogP contribution is 2.35. The first-order valence-corrected chi connectivity index (χ1v) is 15.8. The number of hydrogen-bond donors (Lipinski definition) is 0. The van der Waals surface area contributed by atoms with E-state index in [2.05, 4.69) is 0 Å². The van der Waals surface area contributed by atoms with Gasteiger partial charge in [-0.25, -0.2) is 13.4 Å². The molecule has 0 radical (unpaired) electrons. The van der Waals surface area contributed by atoms with E-state index in [0.717, 1.165) is 46.4 Å². The molecule has 0 aliphatic carbocycles. The number of amides is 1. The number of nitrogens with zero attached hydrogens (tertiary/aromatic N) is 3. The number of rotatable bonds is 7. The normalized spacial score (nSPS) is 14.9. The first kappa shape index (κ1) is 25.9. The summed E-state index contributed by atoms with van der Waals surface area (Å²) in [6, 6.07) is 22.2. The van der Waals surface area contributed by atoms with Crippen LogP contribution in [0.4, 0.5) is 5.13 Å². The van der Waals surface area contributed by atoms with E-state index in [0.29, 0.717) is 30.3 Å². The molecule has 4 aromatic rings. The summed E-state index contributed by atoms with van der Waals surface area (Å²) in [5.74, 6) is -0.215. The first-order valence-electron chi connectivity index (χ1n) is 12.4. The zero-order valence-corrected chi connectivity index (χ0v) is 23.1. The molecule has 0 atom stereocenters. The second-order valence-corrected chi connectivity index (χ2v) is 12.8. The Morgan fingerprint density at radius 3 is 2.32 bits per heavy atom. The molecule has 0 bridgehead atoms. The maximum absolute atomic E-state index is 13.8. The van der Waals surface area contributed by atoms with Crippen molar-refractivity contribution >= 4 is 54.4 Å². The summed E-state index contributed by atoms with van der Waals surface area (Å²) >= 11 is 3.11. The van der Waals surface area contributed by atoms with Gasteiger partial charge in [-0.15, -0.1) is 11.8 Å². The molecule has 9 heteroatoms. The molecule has 192 valence electrons. The lowest BCUT2D eigenvalue weighted by Gasteiger charge is -2.21. The lowest BCUT2D eigenvalue weighted by molar-refractivity contribution is 0.0985. The van der Waals surface area contributed by atoms with Gasteiger partial charge in [-0.2, -0.15) is 4.31 Å². The van der Waals surface area contributed by atoms with Gasteiger partial charge in [-0.1, -0.05) is 60.6 Å². The van der Waals surface area contributed by atoms with Crippen LogP contribution in [-0.2, 0) is 16.6 Å². The molecule has 0 spiro atoms. The quantitative estimate of drug-likeness (QED) is 0.248. The van der Waals surface area contributed by atoms with Crippen molar-refractivity contribution in [2.24, 2.45) is 0 Å². The second-order valence-electron chi connectivity index (χ2n) is 9.02. The molecule has 6 nitrogen and oxygen atoms in total. The van der Waals surface area contributed by atoms with Crippen LogP contribution in [0, 0.1) is 0 Å². The standard InChI is InChI=1S/C28H29N3O3S3/c1-35-24-12-9-13-25-26(24)29-28(36-25)31(20-21-10-5-4-6-11-21)27(32)22-14-16-23(17-15-22)37(33,34)30-18-7-2-3-8-19-30/h4-6,9-17H,2-3,7-8,18-20H2,1H3. The number of sulfonamides is 1. The van der Waals surface area contributed by atoms with Gasteiger partial charge in [-0.05, 0) is 61.1 Å². The molecule has 1 amide bonds. The molecule has 5 rings (SSSR count). The molecule has 0 saturated carbocycles. The lowest BCUT2D eigenvalue weighted by Crippen LogP contribution is -2.32. The highest BCUT2D eigenvalue weighted by Gasteiger charge is 2.27. The van der Waals surface area contributed by atoms with Crippen LogP contribution in [0.1, 0.15) is 41.6 Å². The summed E-state index contributed by atoms with van der Waals surface area (Å²) in [7, 11) is -3.58. The van der Waals surface area contributed by atoms with E-state index in [1.165, 1.54) is 11.3 Å². The number of anilines is 1. The molecular weight excluding hydrogens is 523 g/mol. The monoisotopic (exact) mass is 551 g/mol. The molecule has 1 aliphatic rings. The summed E-state index contributed by atoms with van der Waals surface area (Å²) in [5, 5.41) is 0.617. The average molecular weight is 552 g/mol. The van der Waals surface area contributed by atoms with Gasteiger partial charge in [0.15, 0.2) is 5.13 Å². The topological polar surface area (TPSA) is 70.6 Å². The van der Waals surface area contributed by atoms with Crippen molar-refractivity contribution < 1.29 is 13.2 Å². The summed E-state index contributed by atoms with van der Waals surface area (Å²) in [4.78, 5) is 21.6. The Morgan fingerprint density at radius 1 is 0.946 bits per heavy atom. The number of para-hydroxylation sites is 1. The average Bonchev–Trinajstić information content (AvgIpc) is 3.16. The Balaban J connectivity index is 1.47. The SMILES string of the molecule is CSc1cccc2sc(N(Cc3ccccc3)C(=O)c3ccc(S(=O)(=O)N4CCCCCC4)cc3)nc12. The molecule has 1 saturated heterocycles. The number of thiazole rings is 1. The lowest BCUT2D eigenvalue weighted by atomic mass is 10.1. The number of hydrogen-bond acceptors (Lipinski definition) is 6. The van der Waals surface area contributed by atoms with E-state index < -0.39 is 10.0 Å². The molecule has 1 aliphatic heterocycles. The van der Waals surface area contributed by atoms with Crippen LogP contribution >= 0.6 is 23.1 Å². The largest absolute Gasteiger partial charge is 0.279 e. The van der Waals surface area contributed by atoms with E-state index in [1.54, 1.807) is 45.2 Å². The Labute approximate surface area is 226 Å². The summed E-state index contributed by atoms with van der Waals surface area (Å²) in [6.45, 7) is 1.45. The van der Waals surface area contributed by atoms with Gasteiger partial charge in [-0.3, -0.25) is 9.69 Å². The molecule has 1 fully saturated rings. The van der Waals surface area contributed by atoms with Crippen molar-refractivity contribution in [3.8, 4) is 0 Å². The van der Waals surface area contributed by atoms with Gasteiger partial charge in [0.05, 0.1) is 21.7 Å². The number of aromatic nitrogens is 1. The van der Waals surface area contributed by atoms with Crippen LogP contribution in [0.25, 0.3) is 10.2 Å². The Hall–Kier alpha value is -2.72. The molecule has 37 heavy (non-hydrogen) atoms. The number of carbonyl (C=O) groups is 1. The summed E-state index contributed by atoms with van der Waals surface area (Å²) in [5.41, 5.74) is 2.30. The zero-order chi connectivity index (χ0) is 25.8. The van der Waals surface area contributed by atoms with E-state index in [4.69, 9.17) is 4.98 Å². The number of benzene rings is 3. The van der Waals surface area contributed by atoms with Crippen molar-refractivity contribution in [3.05, 3.63) is 83.9 Å². The Kier molecular flexibility index (Phi) is 7.95. The smallest absolute Gasteiger partial charge is 0.260 e. The minimum Gasteiger partial charge on any atom is -0.279 e. The van der Waals surface area contributed by atoms with E-state index in [1.807, 2.05) is 54.8 Å². The maximum atomic E-state index is 13.8. The van der Waals surface area contributed by atoms with Gasteiger partial charge in [0.25, 0.3) is 5.91 Å². The van der Waals surface area contributed by atoms with Crippen molar-refractivity contribution in [1.29, 1.82) is 0 Å². The third-order valence-electron chi connectivity index (χ3n) is 6.55. The van der Waals surface area contributed by atoms with Gasteiger partial charge in [0, 0.05) is 23.5 Å². The fourth-order valence-corrected chi connectivity index (χ4v) is 7.68. The third-order valence-corrected chi connectivity index (χ3v) is 10.3. The van der Waals surface area contributed by atoms with Crippen molar-refractivity contribution in [2.75, 3.05) is 24.2 Å². The fourth-order valence-electron chi connectivity index (χ4n) is 4.54. The van der Waals surface area contributed by atoms with Crippen LogP contribution in [0.5, 0.6) is 0 Å². The highest BCUT2D eigenvalue weighted by atomic mass is 32.2. The predicted octanol–water partition coefficient (Wildman–Crippen LogP) is 6.43. The molecule has 2 heterocycles. The minimum atomic E-state index is -3.58. The van der Waals surface area contributed by atoms with Gasteiger partial charge >= 0.3 is 0 Å². The van der Waals surface area contributed by atoms with Crippen LogP contribution in [-0.4, -0.2) is 43.0 Å². The summed E-state index contributed by atoms with van der Waals surface area (Å²) in [6.07, 6.45) is 5.89. The molecule has 3 aromatic carbocycles. The van der Waals surface area contributed by atoms with Crippen molar-refractivity contribution in [1.82, 2.24) is 9.29 Å². The fraction of sp³-hybridized carbons (Fsp3) is 0.286. The molecule has 0 N–H and O–H groups in total. The van der Waals surface area contributed by atoms with Crippen LogP contribution in [0.15, 0.2) is 82.6 Å². The van der Waals surface area contributed by atoms with Gasteiger partial charge in [0.2, 0.25) is 10.0 Å². The molecule has 1 aromatic heterocycles. The zero-order valence-electron chi connectivity index (χ0n) is 20.7. The third kappa shape index (κ3) is 5.60. The Bertz CT molecular complexity index is 1480. The van der Waals surface area contributed by atoms with Crippen LogP contribution in [0.3, 0.4) is 0 Å². The van der Waals surface area contributed by atoms with Gasteiger partial charge < -0.3 is 0 Å². The van der Waals surface area contributed by atoms with E-state index in [9.17, 15) is 13.2 Å². The second kappa shape index (κ2) is 11.3. The van der Waals surface area contributed by atoms with E-state index >= 15 is 0 Å². The number of fused-ring (bicyclic) bond motifs is 1. The number of carbonyl (C=O) groups excluding carboxylic acids is 1. The van der Waals surface area contributed by atoms with Crippen LogP contribution in [0.2, 0.25) is 0 Å². The van der Waals surface area contributed by atoms with Crippen molar-refractivity contribution in [3.63, 3.8) is 0 Å². The van der Waals surface area contributed by atoms with Crippen molar-refractivity contribution in [2.45, 2.75) is 42.0 Å².